The van der Waals surface area contributed by atoms with Gasteiger partial charge < -0.3 is 10.6 Å². The highest BCUT2D eigenvalue weighted by Gasteiger charge is 2.19. The summed E-state index contributed by atoms with van der Waals surface area (Å²) in [5, 5.41) is 0. The molecule has 0 aliphatic heterocycles. The molecule has 0 atom stereocenters. The second-order valence-electron chi connectivity index (χ2n) is 4.21. The summed E-state index contributed by atoms with van der Waals surface area (Å²) in [5.41, 5.74) is 8.34. The average Bonchev–Trinajstić information content (AvgIpc) is 2.70. The van der Waals surface area contributed by atoms with Crippen LogP contribution in [0.25, 0.3) is 0 Å². The number of amides is 1. The van der Waals surface area contributed by atoms with E-state index < -0.39 is 0 Å². The van der Waals surface area contributed by atoms with Gasteiger partial charge >= 0.3 is 0 Å². The molecule has 0 bridgehead atoms. The van der Waals surface area contributed by atoms with Gasteiger partial charge in [0.05, 0.1) is 8.66 Å². The van der Waals surface area contributed by atoms with Crippen LogP contribution in [0.3, 0.4) is 0 Å². The summed E-state index contributed by atoms with van der Waals surface area (Å²) in [5.74, 6) is 0.00639. The number of nitrogens with zero attached hydrogens (tertiary/aromatic N) is 1. The van der Waals surface area contributed by atoms with E-state index in [9.17, 15) is 4.79 Å². The van der Waals surface area contributed by atoms with Crippen LogP contribution < -0.4 is 10.6 Å². The van der Waals surface area contributed by atoms with Gasteiger partial charge in [-0.2, -0.15) is 0 Å². The molecular weight excluding hydrogens is 324 g/mol. The Bertz CT molecular complexity index is 590. The van der Waals surface area contributed by atoms with Crippen molar-refractivity contribution in [3.8, 4) is 0 Å². The highest BCUT2D eigenvalue weighted by molar-refractivity contribution is 9.11. The Balaban J connectivity index is 2.34. The van der Waals surface area contributed by atoms with Gasteiger partial charge in [-0.05, 0) is 59.6 Å². The summed E-state index contributed by atoms with van der Waals surface area (Å²) < 4.78 is 1.000. The van der Waals surface area contributed by atoms with E-state index in [0.29, 0.717) is 12.2 Å². The summed E-state index contributed by atoms with van der Waals surface area (Å²) in [6, 6.07) is 9.29. The summed E-state index contributed by atoms with van der Waals surface area (Å²) in [6.07, 6.45) is 0. The van der Waals surface area contributed by atoms with Crippen molar-refractivity contribution in [2.75, 3.05) is 17.2 Å². The lowest BCUT2D eigenvalue weighted by Gasteiger charge is -2.20. The average molecular weight is 339 g/mol. The maximum absolute atomic E-state index is 12.5. The molecule has 2 aromatic rings. The Morgan fingerprint density at radius 2 is 2.16 bits per heavy atom. The first-order chi connectivity index (χ1) is 9.02. The van der Waals surface area contributed by atoms with Gasteiger partial charge in [-0.15, -0.1) is 11.3 Å². The number of hydrogen-bond donors (Lipinski definition) is 1. The van der Waals surface area contributed by atoms with Crippen LogP contribution in [0.2, 0.25) is 0 Å². The maximum atomic E-state index is 12.5. The molecule has 19 heavy (non-hydrogen) atoms. The molecular formula is C14H15BrN2OS. The highest BCUT2D eigenvalue weighted by atomic mass is 79.9. The number of carbonyl (C=O) groups is 1. The minimum Gasteiger partial charge on any atom is -0.399 e. The minimum absolute atomic E-state index is 0.00639. The molecule has 2 rings (SSSR count). The largest absolute Gasteiger partial charge is 0.399 e. The van der Waals surface area contributed by atoms with E-state index in [0.717, 1.165) is 19.9 Å². The predicted molar refractivity (Wildman–Crippen MR) is 85.0 cm³/mol. The van der Waals surface area contributed by atoms with Crippen molar-refractivity contribution >= 4 is 44.5 Å². The van der Waals surface area contributed by atoms with Gasteiger partial charge in [0.25, 0.3) is 5.91 Å². The van der Waals surface area contributed by atoms with E-state index in [4.69, 9.17) is 5.73 Å². The first kappa shape index (κ1) is 14.1. The normalized spacial score (nSPS) is 10.5. The van der Waals surface area contributed by atoms with E-state index in [2.05, 4.69) is 15.9 Å². The number of carbonyl (C=O) groups excluding carboxylic acids is 1. The fraction of sp³-hybridized carbons (Fsp3) is 0.214. The van der Waals surface area contributed by atoms with Gasteiger partial charge in [0.2, 0.25) is 0 Å². The van der Waals surface area contributed by atoms with Crippen molar-refractivity contribution < 1.29 is 4.79 Å². The summed E-state index contributed by atoms with van der Waals surface area (Å²) in [4.78, 5) is 15.0. The Labute approximate surface area is 125 Å². The SMILES string of the molecule is CCN(C(=O)c1cc(C)c(Br)s1)c1cccc(N)c1. The van der Waals surface area contributed by atoms with E-state index in [1.807, 2.05) is 44.2 Å². The van der Waals surface area contributed by atoms with E-state index in [1.165, 1.54) is 11.3 Å². The summed E-state index contributed by atoms with van der Waals surface area (Å²) in [6.45, 7) is 4.54. The van der Waals surface area contributed by atoms with Crippen LogP contribution >= 0.6 is 27.3 Å². The van der Waals surface area contributed by atoms with Gasteiger partial charge in [-0.1, -0.05) is 6.07 Å². The Morgan fingerprint density at radius 3 is 2.68 bits per heavy atom. The molecule has 0 saturated heterocycles. The number of anilines is 2. The molecule has 1 amide bonds. The zero-order valence-electron chi connectivity index (χ0n) is 10.8. The van der Waals surface area contributed by atoms with Crippen LogP contribution in [0, 0.1) is 6.92 Å². The van der Waals surface area contributed by atoms with Crippen LogP contribution in [0.1, 0.15) is 22.2 Å². The minimum atomic E-state index is 0.00639. The van der Waals surface area contributed by atoms with Gasteiger partial charge in [0.1, 0.15) is 0 Å². The maximum Gasteiger partial charge on any atom is 0.268 e. The molecule has 5 heteroatoms. The molecule has 0 saturated carbocycles. The second kappa shape index (κ2) is 5.75. The summed E-state index contributed by atoms with van der Waals surface area (Å²) in [7, 11) is 0. The standard InChI is InChI=1S/C14H15BrN2OS/c1-3-17(11-6-4-5-10(16)8-11)14(18)12-7-9(2)13(15)19-12/h4-8H,3,16H2,1-2H3. The van der Waals surface area contributed by atoms with Crippen LogP contribution in [-0.4, -0.2) is 12.5 Å². The number of hydrogen-bond acceptors (Lipinski definition) is 3. The fourth-order valence-corrected chi connectivity index (χ4v) is 3.32. The Hall–Kier alpha value is -1.33. The first-order valence-electron chi connectivity index (χ1n) is 5.96. The van der Waals surface area contributed by atoms with Crippen LogP contribution in [0.4, 0.5) is 11.4 Å². The third-order valence-corrected chi connectivity index (χ3v) is 4.94. The molecule has 3 nitrogen and oxygen atoms in total. The Morgan fingerprint density at radius 1 is 1.42 bits per heavy atom. The highest BCUT2D eigenvalue weighted by Crippen LogP contribution is 2.29. The predicted octanol–water partition coefficient (Wildman–Crippen LogP) is 4.07. The number of nitrogens with two attached hydrogens (primary N) is 1. The second-order valence-corrected chi connectivity index (χ2v) is 6.58. The van der Waals surface area contributed by atoms with Gasteiger partial charge in [0, 0.05) is 17.9 Å². The fourth-order valence-electron chi connectivity index (χ4n) is 1.83. The zero-order chi connectivity index (χ0) is 14.0. The van der Waals surface area contributed by atoms with Crippen molar-refractivity contribution in [1.82, 2.24) is 0 Å². The van der Waals surface area contributed by atoms with Crippen LogP contribution in [-0.2, 0) is 0 Å². The quantitative estimate of drug-likeness (QED) is 0.857. The van der Waals surface area contributed by atoms with E-state index >= 15 is 0 Å². The lowest BCUT2D eigenvalue weighted by molar-refractivity contribution is 0.0992. The molecule has 2 N–H and O–H groups in total. The lowest BCUT2D eigenvalue weighted by atomic mass is 10.2. The topological polar surface area (TPSA) is 46.3 Å². The van der Waals surface area contributed by atoms with Gasteiger partial charge in [-0.25, -0.2) is 0 Å². The molecule has 1 heterocycles. The number of aryl methyl sites for hydroxylation is 1. The van der Waals surface area contributed by atoms with Gasteiger partial charge in [0.15, 0.2) is 0 Å². The summed E-state index contributed by atoms with van der Waals surface area (Å²) >= 11 is 4.91. The van der Waals surface area contributed by atoms with E-state index in [1.54, 1.807) is 4.90 Å². The number of rotatable bonds is 3. The molecule has 0 radical (unpaired) electrons. The zero-order valence-corrected chi connectivity index (χ0v) is 13.2. The van der Waals surface area contributed by atoms with Crippen molar-refractivity contribution in [3.05, 3.63) is 44.6 Å². The van der Waals surface area contributed by atoms with Crippen molar-refractivity contribution in [2.45, 2.75) is 13.8 Å². The smallest absolute Gasteiger partial charge is 0.268 e. The number of halogens is 1. The molecule has 100 valence electrons. The molecule has 0 aliphatic rings. The molecule has 0 unspecified atom stereocenters. The Kier molecular flexibility index (Phi) is 4.27. The van der Waals surface area contributed by atoms with Crippen molar-refractivity contribution in [2.24, 2.45) is 0 Å². The van der Waals surface area contributed by atoms with Crippen molar-refractivity contribution in [1.29, 1.82) is 0 Å². The number of benzene rings is 1. The van der Waals surface area contributed by atoms with Crippen molar-refractivity contribution in [3.63, 3.8) is 0 Å². The molecule has 0 aliphatic carbocycles. The van der Waals surface area contributed by atoms with Gasteiger partial charge in [-0.3, -0.25) is 4.79 Å². The number of thiophene rings is 1. The van der Waals surface area contributed by atoms with Crippen LogP contribution in [0.15, 0.2) is 34.1 Å². The molecule has 0 fully saturated rings. The monoisotopic (exact) mass is 338 g/mol. The third-order valence-electron chi connectivity index (χ3n) is 2.81. The first-order valence-corrected chi connectivity index (χ1v) is 7.57. The number of nitrogen functional groups attached to an aromatic ring is 1. The molecule has 1 aromatic carbocycles. The lowest BCUT2D eigenvalue weighted by Crippen LogP contribution is -2.30. The van der Waals surface area contributed by atoms with E-state index in [-0.39, 0.29) is 5.91 Å². The third kappa shape index (κ3) is 2.98. The molecule has 1 aromatic heterocycles. The van der Waals surface area contributed by atoms with Crippen LogP contribution in [0.5, 0.6) is 0 Å². The molecule has 0 spiro atoms.